The van der Waals surface area contributed by atoms with Crippen molar-refractivity contribution in [3.05, 3.63) is 30.1 Å². The number of aliphatic hydroxyl groups is 1. The van der Waals surface area contributed by atoms with Crippen molar-refractivity contribution in [3.63, 3.8) is 0 Å². The number of aliphatic hydroxyl groups excluding tert-OH is 1. The van der Waals surface area contributed by atoms with Gasteiger partial charge in [0.2, 0.25) is 0 Å². The van der Waals surface area contributed by atoms with Crippen molar-refractivity contribution in [2.24, 2.45) is 0 Å². The van der Waals surface area contributed by atoms with Gasteiger partial charge in [-0.3, -0.25) is 0 Å². The second-order valence-corrected chi connectivity index (χ2v) is 4.09. The zero-order chi connectivity index (χ0) is 12.2. The average Bonchev–Trinajstić information content (AvgIpc) is 2.27. The van der Waals surface area contributed by atoms with Crippen LogP contribution in [0.3, 0.4) is 0 Å². The summed E-state index contributed by atoms with van der Waals surface area (Å²) in [5.41, 5.74) is -0.0109. The number of nitrogens with one attached hydrogen (secondary N) is 1. The second-order valence-electron chi connectivity index (χ2n) is 4.09. The molecule has 2 unspecified atom stereocenters. The molecule has 1 rings (SSSR count). The van der Waals surface area contributed by atoms with Crippen LogP contribution in [0.1, 0.15) is 13.8 Å². The highest BCUT2D eigenvalue weighted by Gasteiger charge is 2.30. The third-order valence-electron chi connectivity index (χ3n) is 2.83. The molecule has 0 aliphatic heterocycles. The van der Waals surface area contributed by atoms with Crippen molar-refractivity contribution in [3.8, 4) is 0 Å². The number of rotatable bonds is 5. The van der Waals surface area contributed by atoms with E-state index in [2.05, 4.69) is 5.32 Å². The van der Waals surface area contributed by atoms with E-state index in [0.29, 0.717) is 5.69 Å². The molecular formula is C12H18FNO2. The van der Waals surface area contributed by atoms with E-state index in [9.17, 15) is 9.50 Å². The minimum Gasteiger partial charge on any atom is -0.394 e. The maximum absolute atomic E-state index is 13.0. The lowest BCUT2D eigenvalue weighted by molar-refractivity contribution is 0.0380. The minimum atomic E-state index is -0.636. The van der Waals surface area contributed by atoms with E-state index in [1.165, 1.54) is 12.1 Å². The SMILES string of the molecule is COC(C)C(C)(CO)Nc1cccc(F)c1. The second kappa shape index (κ2) is 5.27. The number of ether oxygens (including phenoxy) is 1. The molecule has 1 aromatic rings. The highest BCUT2D eigenvalue weighted by molar-refractivity contribution is 5.46. The Labute approximate surface area is 95.2 Å². The van der Waals surface area contributed by atoms with Gasteiger partial charge < -0.3 is 15.2 Å². The molecule has 0 bridgehead atoms. The summed E-state index contributed by atoms with van der Waals surface area (Å²) >= 11 is 0. The lowest BCUT2D eigenvalue weighted by Crippen LogP contribution is -2.49. The summed E-state index contributed by atoms with van der Waals surface area (Å²) in [5, 5.41) is 12.5. The zero-order valence-electron chi connectivity index (χ0n) is 9.83. The molecule has 2 atom stereocenters. The number of hydrogen-bond acceptors (Lipinski definition) is 3. The number of hydrogen-bond donors (Lipinski definition) is 2. The Bertz CT molecular complexity index is 346. The minimum absolute atomic E-state index is 0.0987. The summed E-state index contributed by atoms with van der Waals surface area (Å²) in [6.45, 7) is 3.58. The topological polar surface area (TPSA) is 41.5 Å². The number of benzene rings is 1. The van der Waals surface area contributed by atoms with Gasteiger partial charge in [0.1, 0.15) is 5.82 Å². The van der Waals surface area contributed by atoms with Gasteiger partial charge in [0.15, 0.2) is 0 Å². The first-order valence-corrected chi connectivity index (χ1v) is 5.19. The Morgan fingerprint density at radius 2 is 2.25 bits per heavy atom. The molecule has 0 aliphatic rings. The van der Waals surface area contributed by atoms with Crippen LogP contribution < -0.4 is 5.32 Å². The molecule has 16 heavy (non-hydrogen) atoms. The first-order chi connectivity index (χ1) is 7.51. The molecule has 0 saturated heterocycles. The number of methoxy groups -OCH3 is 1. The van der Waals surface area contributed by atoms with Crippen LogP contribution in [0.15, 0.2) is 24.3 Å². The van der Waals surface area contributed by atoms with Gasteiger partial charge in [0.25, 0.3) is 0 Å². The highest BCUT2D eigenvalue weighted by atomic mass is 19.1. The number of halogens is 1. The quantitative estimate of drug-likeness (QED) is 0.808. The zero-order valence-corrected chi connectivity index (χ0v) is 9.83. The third kappa shape index (κ3) is 2.93. The van der Waals surface area contributed by atoms with Crippen LogP contribution in [-0.2, 0) is 4.74 Å². The van der Waals surface area contributed by atoms with E-state index >= 15 is 0 Å². The first kappa shape index (κ1) is 12.9. The molecule has 2 N–H and O–H groups in total. The predicted molar refractivity (Wildman–Crippen MR) is 62.0 cm³/mol. The Morgan fingerprint density at radius 1 is 1.56 bits per heavy atom. The van der Waals surface area contributed by atoms with Crippen molar-refractivity contribution >= 4 is 5.69 Å². The van der Waals surface area contributed by atoms with Crippen LogP contribution in [0.2, 0.25) is 0 Å². The predicted octanol–water partition coefficient (Wildman–Crippen LogP) is 2.02. The molecule has 0 aliphatic carbocycles. The van der Waals surface area contributed by atoms with Crippen LogP contribution in [0.4, 0.5) is 10.1 Å². The van der Waals surface area contributed by atoms with E-state index in [1.807, 2.05) is 13.8 Å². The Hall–Kier alpha value is -1.13. The van der Waals surface area contributed by atoms with Gasteiger partial charge in [-0.05, 0) is 32.0 Å². The van der Waals surface area contributed by atoms with E-state index in [0.717, 1.165) is 0 Å². The summed E-state index contributed by atoms with van der Waals surface area (Å²) < 4.78 is 18.2. The normalized spacial score (nSPS) is 16.6. The molecule has 0 radical (unpaired) electrons. The summed E-state index contributed by atoms with van der Waals surface area (Å²) in [4.78, 5) is 0. The third-order valence-corrected chi connectivity index (χ3v) is 2.83. The largest absolute Gasteiger partial charge is 0.394 e. The fourth-order valence-electron chi connectivity index (χ4n) is 1.43. The smallest absolute Gasteiger partial charge is 0.125 e. The molecule has 0 saturated carbocycles. The Balaban J connectivity index is 2.84. The van der Waals surface area contributed by atoms with Crippen molar-refractivity contribution in [2.45, 2.75) is 25.5 Å². The molecule has 90 valence electrons. The summed E-state index contributed by atoms with van der Waals surface area (Å²) in [6, 6.07) is 6.13. The molecule has 3 nitrogen and oxygen atoms in total. The maximum Gasteiger partial charge on any atom is 0.125 e. The summed E-state index contributed by atoms with van der Waals surface area (Å²) in [7, 11) is 1.58. The molecule has 1 aromatic carbocycles. The summed E-state index contributed by atoms with van der Waals surface area (Å²) in [5.74, 6) is -0.310. The average molecular weight is 227 g/mol. The first-order valence-electron chi connectivity index (χ1n) is 5.19. The van der Waals surface area contributed by atoms with Gasteiger partial charge in [-0.15, -0.1) is 0 Å². The molecule has 0 spiro atoms. The van der Waals surface area contributed by atoms with Gasteiger partial charge in [0.05, 0.1) is 18.2 Å². The van der Waals surface area contributed by atoms with Gasteiger partial charge in [-0.25, -0.2) is 4.39 Å². The van der Waals surface area contributed by atoms with Crippen molar-refractivity contribution in [1.82, 2.24) is 0 Å². The Morgan fingerprint density at radius 3 is 2.75 bits per heavy atom. The van der Waals surface area contributed by atoms with Crippen LogP contribution in [0.25, 0.3) is 0 Å². The lowest BCUT2D eigenvalue weighted by Gasteiger charge is -2.34. The fraction of sp³-hybridized carbons (Fsp3) is 0.500. The molecule has 0 heterocycles. The van der Waals surface area contributed by atoms with Crippen LogP contribution in [0, 0.1) is 5.82 Å². The van der Waals surface area contributed by atoms with Crippen molar-refractivity contribution < 1.29 is 14.2 Å². The van der Waals surface area contributed by atoms with E-state index in [-0.39, 0.29) is 18.5 Å². The highest BCUT2D eigenvalue weighted by Crippen LogP contribution is 2.20. The monoisotopic (exact) mass is 227 g/mol. The van der Waals surface area contributed by atoms with Crippen molar-refractivity contribution in [2.75, 3.05) is 19.0 Å². The molecular weight excluding hydrogens is 209 g/mol. The maximum atomic E-state index is 13.0. The van der Waals surface area contributed by atoms with Crippen LogP contribution in [0.5, 0.6) is 0 Å². The molecule has 0 aromatic heterocycles. The Kier molecular flexibility index (Phi) is 4.26. The fourth-order valence-corrected chi connectivity index (χ4v) is 1.43. The van der Waals surface area contributed by atoms with Gasteiger partial charge >= 0.3 is 0 Å². The van der Waals surface area contributed by atoms with E-state index < -0.39 is 5.54 Å². The van der Waals surface area contributed by atoms with E-state index in [1.54, 1.807) is 19.2 Å². The van der Waals surface area contributed by atoms with Crippen molar-refractivity contribution in [1.29, 1.82) is 0 Å². The molecule has 0 fully saturated rings. The van der Waals surface area contributed by atoms with Crippen LogP contribution >= 0.6 is 0 Å². The van der Waals surface area contributed by atoms with Crippen LogP contribution in [-0.4, -0.2) is 30.5 Å². The lowest BCUT2D eigenvalue weighted by atomic mass is 9.96. The van der Waals surface area contributed by atoms with Gasteiger partial charge in [-0.2, -0.15) is 0 Å². The molecule has 0 amide bonds. The molecule has 4 heteroatoms. The summed E-state index contributed by atoms with van der Waals surface area (Å²) in [6.07, 6.45) is -0.194. The van der Waals surface area contributed by atoms with Gasteiger partial charge in [-0.1, -0.05) is 6.07 Å². The number of anilines is 1. The standard InChI is InChI=1S/C12H18FNO2/c1-9(16-3)12(2,8-15)14-11-6-4-5-10(13)7-11/h4-7,9,14-15H,8H2,1-3H3. The van der Waals surface area contributed by atoms with E-state index in [4.69, 9.17) is 4.74 Å². The van der Waals surface area contributed by atoms with Gasteiger partial charge in [0, 0.05) is 12.8 Å².